The van der Waals surface area contributed by atoms with E-state index in [-0.39, 0.29) is 11.1 Å². The molecule has 0 fully saturated rings. The van der Waals surface area contributed by atoms with Crippen LogP contribution in [0, 0.1) is 17.1 Å². The van der Waals surface area contributed by atoms with Gasteiger partial charge in [-0.25, -0.2) is 12.8 Å². The fraction of sp³-hybridized carbons (Fsp3) is 0.333. The van der Waals surface area contributed by atoms with Crippen LogP contribution in [0.4, 0.5) is 4.39 Å². The topological polar surface area (TPSA) is 95.2 Å². The molecular formula is C12H12FNO4S. The van der Waals surface area contributed by atoms with Gasteiger partial charge in [0.15, 0.2) is 14.6 Å². The van der Waals surface area contributed by atoms with Crippen LogP contribution in [0.1, 0.15) is 25.0 Å². The molecule has 5 nitrogen and oxygen atoms in total. The van der Waals surface area contributed by atoms with Crippen molar-refractivity contribution in [2.45, 2.75) is 24.3 Å². The Labute approximate surface area is 110 Å². The lowest BCUT2D eigenvalue weighted by molar-refractivity contribution is -0.139. The Bertz CT molecular complexity index is 659. The zero-order valence-corrected chi connectivity index (χ0v) is 11.2. The third kappa shape index (κ3) is 2.90. The van der Waals surface area contributed by atoms with Crippen LogP contribution in [0.15, 0.2) is 18.2 Å². The molecule has 1 N–H and O–H groups in total. The van der Waals surface area contributed by atoms with E-state index in [1.165, 1.54) is 12.1 Å². The molecule has 0 aliphatic carbocycles. The molecule has 1 aromatic carbocycles. The fourth-order valence-electron chi connectivity index (χ4n) is 1.25. The van der Waals surface area contributed by atoms with Crippen LogP contribution in [-0.2, 0) is 20.4 Å². The van der Waals surface area contributed by atoms with Crippen LogP contribution in [0.25, 0.3) is 0 Å². The maximum Gasteiger partial charge on any atom is 0.324 e. The lowest BCUT2D eigenvalue weighted by atomic mass is 10.1. The second-order valence-corrected chi connectivity index (χ2v) is 7.03. The van der Waals surface area contributed by atoms with Crippen molar-refractivity contribution in [2.24, 2.45) is 0 Å². The molecule has 7 heteroatoms. The second kappa shape index (κ2) is 4.97. The summed E-state index contributed by atoms with van der Waals surface area (Å²) < 4.78 is 35.5. The van der Waals surface area contributed by atoms with Crippen molar-refractivity contribution in [1.82, 2.24) is 0 Å². The lowest BCUT2D eigenvalue weighted by Gasteiger charge is -2.19. The molecular weight excluding hydrogens is 273 g/mol. The number of carboxylic acid groups (broad SMARTS) is 1. The highest BCUT2D eigenvalue weighted by atomic mass is 32.2. The molecule has 0 amide bonds. The molecule has 0 aliphatic rings. The van der Waals surface area contributed by atoms with Gasteiger partial charge < -0.3 is 5.11 Å². The summed E-state index contributed by atoms with van der Waals surface area (Å²) in [5, 5.41) is 17.5. The summed E-state index contributed by atoms with van der Waals surface area (Å²) in [4.78, 5) is 10.9. The minimum Gasteiger partial charge on any atom is -0.480 e. The van der Waals surface area contributed by atoms with Crippen LogP contribution in [-0.4, -0.2) is 24.2 Å². The Hall–Kier alpha value is -1.94. The molecule has 0 aromatic heterocycles. The Morgan fingerprint density at radius 2 is 2.05 bits per heavy atom. The summed E-state index contributed by atoms with van der Waals surface area (Å²) in [6.07, 6.45) is 0. The average molecular weight is 285 g/mol. The van der Waals surface area contributed by atoms with E-state index in [0.717, 1.165) is 19.9 Å². The Morgan fingerprint density at radius 1 is 1.47 bits per heavy atom. The molecule has 0 saturated heterocycles. The number of carboxylic acids is 1. The number of hydrogen-bond donors (Lipinski definition) is 1. The standard InChI is InChI=1S/C12H12FNO4S/c1-12(2,11(15)16)19(17,18)7-9-4-3-8(6-14)5-10(9)13/h3-5H,7H2,1-2H3,(H,15,16). The van der Waals surface area contributed by atoms with Gasteiger partial charge in [0.25, 0.3) is 0 Å². The van der Waals surface area contributed by atoms with Gasteiger partial charge in [0.1, 0.15) is 5.82 Å². The Balaban J connectivity index is 3.17. The highest BCUT2D eigenvalue weighted by Crippen LogP contribution is 2.23. The molecule has 19 heavy (non-hydrogen) atoms. The molecule has 0 spiro atoms. The molecule has 0 radical (unpaired) electrons. The first-order chi connectivity index (χ1) is 8.61. The Kier molecular flexibility index (Phi) is 3.96. The molecule has 1 aromatic rings. The summed E-state index contributed by atoms with van der Waals surface area (Å²) in [5.74, 6) is -3.07. The molecule has 1 rings (SSSR count). The molecule has 0 atom stereocenters. The van der Waals surface area contributed by atoms with E-state index in [1.807, 2.05) is 0 Å². The van der Waals surface area contributed by atoms with Crippen LogP contribution in [0.3, 0.4) is 0 Å². The van der Waals surface area contributed by atoms with E-state index >= 15 is 0 Å². The summed E-state index contributed by atoms with van der Waals surface area (Å²) in [5.41, 5.74) is -0.0931. The number of nitriles is 1. The Morgan fingerprint density at radius 3 is 2.47 bits per heavy atom. The summed E-state index contributed by atoms with van der Waals surface area (Å²) >= 11 is 0. The molecule has 0 aliphatic heterocycles. The maximum atomic E-state index is 13.6. The second-order valence-electron chi connectivity index (χ2n) is 4.49. The predicted octanol–water partition coefficient (Wildman–Crippen LogP) is 1.48. The third-order valence-corrected chi connectivity index (χ3v) is 5.24. The highest BCUT2D eigenvalue weighted by molar-refractivity contribution is 7.92. The fourth-order valence-corrected chi connectivity index (χ4v) is 2.52. The van der Waals surface area contributed by atoms with Crippen molar-refractivity contribution in [3.63, 3.8) is 0 Å². The van der Waals surface area contributed by atoms with Gasteiger partial charge in [0.2, 0.25) is 0 Å². The number of nitrogens with zero attached hydrogens (tertiary/aromatic N) is 1. The molecule has 0 saturated carbocycles. The maximum absolute atomic E-state index is 13.6. The first-order valence-corrected chi connectivity index (χ1v) is 6.91. The SMILES string of the molecule is CC(C)(C(=O)O)S(=O)(=O)Cc1ccc(C#N)cc1F. The van der Waals surface area contributed by atoms with Crippen molar-refractivity contribution >= 4 is 15.8 Å². The number of benzene rings is 1. The number of rotatable bonds is 4. The van der Waals surface area contributed by atoms with E-state index in [9.17, 15) is 17.6 Å². The van der Waals surface area contributed by atoms with Gasteiger partial charge in [0, 0.05) is 5.56 Å². The van der Waals surface area contributed by atoms with Crippen molar-refractivity contribution in [3.8, 4) is 6.07 Å². The third-order valence-electron chi connectivity index (χ3n) is 2.82. The van der Waals surface area contributed by atoms with Crippen LogP contribution in [0.5, 0.6) is 0 Å². The monoisotopic (exact) mass is 285 g/mol. The smallest absolute Gasteiger partial charge is 0.324 e. The van der Waals surface area contributed by atoms with Gasteiger partial charge >= 0.3 is 5.97 Å². The molecule has 102 valence electrons. The van der Waals surface area contributed by atoms with Crippen LogP contribution in [0.2, 0.25) is 0 Å². The van der Waals surface area contributed by atoms with Crippen LogP contribution >= 0.6 is 0 Å². The minimum atomic E-state index is -4.08. The van der Waals surface area contributed by atoms with Gasteiger partial charge in [-0.15, -0.1) is 0 Å². The van der Waals surface area contributed by atoms with Gasteiger partial charge in [-0.1, -0.05) is 6.07 Å². The number of hydrogen-bond acceptors (Lipinski definition) is 4. The summed E-state index contributed by atoms with van der Waals surface area (Å²) in [6.45, 7) is 2.10. The zero-order valence-electron chi connectivity index (χ0n) is 10.3. The molecule has 0 unspecified atom stereocenters. The quantitative estimate of drug-likeness (QED) is 0.904. The highest BCUT2D eigenvalue weighted by Gasteiger charge is 2.42. The summed E-state index contributed by atoms with van der Waals surface area (Å²) in [7, 11) is -4.08. The summed E-state index contributed by atoms with van der Waals surface area (Å²) in [6, 6.07) is 5.09. The van der Waals surface area contributed by atoms with Crippen LogP contribution < -0.4 is 0 Å². The molecule has 0 heterocycles. The molecule has 0 bridgehead atoms. The largest absolute Gasteiger partial charge is 0.480 e. The number of carbonyl (C=O) groups is 1. The minimum absolute atomic E-state index is 0.0659. The van der Waals surface area contributed by atoms with Gasteiger partial charge in [-0.05, 0) is 26.0 Å². The lowest BCUT2D eigenvalue weighted by Crippen LogP contribution is -2.41. The first-order valence-electron chi connectivity index (χ1n) is 5.26. The number of sulfone groups is 1. The normalized spacial score (nSPS) is 11.9. The van der Waals surface area contributed by atoms with Crippen molar-refractivity contribution in [2.75, 3.05) is 0 Å². The van der Waals surface area contributed by atoms with E-state index in [4.69, 9.17) is 10.4 Å². The number of aliphatic carboxylic acids is 1. The van der Waals surface area contributed by atoms with Gasteiger partial charge in [-0.3, -0.25) is 4.79 Å². The zero-order chi connectivity index (χ0) is 14.8. The van der Waals surface area contributed by atoms with E-state index < -0.39 is 32.1 Å². The first kappa shape index (κ1) is 15.1. The van der Waals surface area contributed by atoms with E-state index in [1.54, 1.807) is 6.07 Å². The van der Waals surface area contributed by atoms with Gasteiger partial charge in [-0.2, -0.15) is 5.26 Å². The van der Waals surface area contributed by atoms with E-state index in [0.29, 0.717) is 0 Å². The average Bonchev–Trinajstić information content (AvgIpc) is 2.31. The van der Waals surface area contributed by atoms with Gasteiger partial charge in [0.05, 0.1) is 17.4 Å². The number of halogens is 1. The van der Waals surface area contributed by atoms with E-state index in [2.05, 4.69) is 0 Å². The predicted molar refractivity (Wildman–Crippen MR) is 65.5 cm³/mol. The van der Waals surface area contributed by atoms with Crippen molar-refractivity contribution < 1.29 is 22.7 Å². The van der Waals surface area contributed by atoms with Crippen molar-refractivity contribution in [1.29, 1.82) is 5.26 Å². The van der Waals surface area contributed by atoms with Crippen molar-refractivity contribution in [3.05, 3.63) is 35.1 Å².